The van der Waals surface area contributed by atoms with Crippen molar-refractivity contribution in [2.45, 2.75) is 27.2 Å². The molecule has 1 rings (SSSR count). The highest BCUT2D eigenvalue weighted by molar-refractivity contribution is 5.45. The molecule has 0 spiro atoms. The first-order valence-corrected chi connectivity index (χ1v) is 4.28. The van der Waals surface area contributed by atoms with Gasteiger partial charge in [-0.15, -0.1) is 0 Å². The number of phenolic OH excluding ortho intramolecular Hbond substituents is 1. The van der Waals surface area contributed by atoms with Crippen molar-refractivity contribution in [2.24, 2.45) is 0 Å². The largest absolute Gasteiger partial charge is 0.508 e. The first-order chi connectivity index (χ1) is 5.66. The van der Waals surface area contributed by atoms with Gasteiger partial charge in [0.1, 0.15) is 5.75 Å². The molecule has 0 bridgehead atoms. The SMILES string of the molecule is CCc1c(O)cccc1[C](C)C. The lowest BCUT2D eigenvalue weighted by molar-refractivity contribution is 0.468. The summed E-state index contributed by atoms with van der Waals surface area (Å²) in [5.41, 5.74) is 2.23. The normalized spacial score (nSPS) is 10.7. The first kappa shape index (κ1) is 9.11. The van der Waals surface area contributed by atoms with Crippen molar-refractivity contribution in [3.05, 3.63) is 35.2 Å². The van der Waals surface area contributed by atoms with Crippen LogP contribution in [-0.2, 0) is 6.42 Å². The highest BCUT2D eigenvalue weighted by atomic mass is 16.3. The number of phenols is 1. The zero-order chi connectivity index (χ0) is 9.14. The van der Waals surface area contributed by atoms with E-state index in [2.05, 4.69) is 20.8 Å². The summed E-state index contributed by atoms with van der Waals surface area (Å²) in [4.78, 5) is 0. The van der Waals surface area contributed by atoms with Gasteiger partial charge >= 0.3 is 0 Å². The minimum absolute atomic E-state index is 0.413. The maximum absolute atomic E-state index is 9.53. The zero-order valence-electron chi connectivity index (χ0n) is 7.89. The van der Waals surface area contributed by atoms with Gasteiger partial charge in [-0.05, 0) is 29.5 Å². The average molecular weight is 163 g/mol. The van der Waals surface area contributed by atoms with Crippen molar-refractivity contribution in [3.63, 3.8) is 0 Å². The summed E-state index contributed by atoms with van der Waals surface area (Å²) in [7, 11) is 0. The summed E-state index contributed by atoms with van der Waals surface area (Å²) in [6, 6.07) is 5.68. The van der Waals surface area contributed by atoms with Gasteiger partial charge in [0.2, 0.25) is 0 Å². The molecule has 0 aliphatic rings. The molecule has 1 heteroatoms. The molecular weight excluding hydrogens is 148 g/mol. The molecule has 0 aliphatic heterocycles. The van der Waals surface area contributed by atoms with Crippen LogP contribution in [0.5, 0.6) is 5.75 Å². The maximum atomic E-state index is 9.53. The Balaban J connectivity index is 3.18. The van der Waals surface area contributed by atoms with E-state index in [1.54, 1.807) is 6.07 Å². The van der Waals surface area contributed by atoms with Crippen LogP contribution >= 0.6 is 0 Å². The van der Waals surface area contributed by atoms with Crippen LogP contribution in [0.2, 0.25) is 0 Å². The van der Waals surface area contributed by atoms with E-state index in [9.17, 15) is 5.11 Å². The highest BCUT2D eigenvalue weighted by Gasteiger charge is 2.08. The number of benzene rings is 1. The number of rotatable bonds is 2. The summed E-state index contributed by atoms with van der Waals surface area (Å²) in [5.74, 6) is 1.67. The first-order valence-electron chi connectivity index (χ1n) is 4.28. The van der Waals surface area contributed by atoms with Crippen molar-refractivity contribution in [1.82, 2.24) is 0 Å². The number of aromatic hydroxyl groups is 1. The topological polar surface area (TPSA) is 20.2 Å². The lowest BCUT2D eigenvalue weighted by Crippen LogP contribution is -1.95. The van der Waals surface area contributed by atoms with Gasteiger partial charge in [0, 0.05) is 0 Å². The fourth-order valence-electron chi connectivity index (χ4n) is 1.41. The smallest absolute Gasteiger partial charge is 0.119 e. The standard InChI is InChI=1S/C11H15O/c1-4-9-10(8(2)3)6-5-7-11(9)12/h5-7,12H,4H2,1-3H3. The zero-order valence-corrected chi connectivity index (χ0v) is 7.89. The summed E-state index contributed by atoms with van der Waals surface area (Å²) < 4.78 is 0. The van der Waals surface area contributed by atoms with Crippen LogP contribution in [0.15, 0.2) is 18.2 Å². The van der Waals surface area contributed by atoms with Crippen LogP contribution in [0.1, 0.15) is 31.9 Å². The molecule has 0 unspecified atom stereocenters. The van der Waals surface area contributed by atoms with Crippen LogP contribution in [0.25, 0.3) is 0 Å². The van der Waals surface area contributed by atoms with Crippen molar-refractivity contribution >= 4 is 0 Å². The van der Waals surface area contributed by atoms with Crippen molar-refractivity contribution in [1.29, 1.82) is 0 Å². The Bertz CT molecular complexity index is 264. The molecule has 1 radical (unpaired) electrons. The number of hydrogen-bond donors (Lipinski definition) is 1. The van der Waals surface area contributed by atoms with E-state index in [1.807, 2.05) is 12.1 Å². The Kier molecular flexibility index (Phi) is 2.74. The minimum atomic E-state index is 0.413. The van der Waals surface area contributed by atoms with Gasteiger partial charge in [0.25, 0.3) is 0 Å². The lowest BCUT2D eigenvalue weighted by atomic mass is 9.95. The summed E-state index contributed by atoms with van der Waals surface area (Å²) in [5, 5.41) is 9.53. The molecule has 1 N–H and O–H groups in total. The van der Waals surface area contributed by atoms with Crippen molar-refractivity contribution in [3.8, 4) is 5.75 Å². The second-order valence-corrected chi connectivity index (χ2v) is 3.16. The molecular formula is C11H15O. The Hall–Kier alpha value is -0.980. The van der Waals surface area contributed by atoms with Gasteiger partial charge in [0.15, 0.2) is 0 Å². The molecule has 1 aromatic carbocycles. The quantitative estimate of drug-likeness (QED) is 0.710. The van der Waals surface area contributed by atoms with Gasteiger partial charge in [-0.1, -0.05) is 32.9 Å². The molecule has 65 valence electrons. The Labute approximate surface area is 74.1 Å². The molecule has 0 aromatic heterocycles. The molecule has 1 nitrogen and oxygen atoms in total. The van der Waals surface area contributed by atoms with E-state index in [0.717, 1.165) is 12.0 Å². The van der Waals surface area contributed by atoms with Crippen LogP contribution in [0.3, 0.4) is 0 Å². The van der Waals surface area contributed by atoms with Gasteiger partial charge in [0.05, 0.1) is 0 Å². The molecule has 1 aromatic rings. The second kappa shape index (κ2) is 3.61. The van der Waals surface area contributed by atoms with E-state index < -0.39 is 0 Å². The van der Waals surface area contributed by atoms with Gasteiger partial charge in [-0.3, -0.25) is 0 Å². The Morgan fingerprint density at radius 2 is 2.00 bits per heavy atom. The van der Waals surface area contributed by atoms with Crippen molar-refractivity contribution in [2.75, 3.05) is 0 Å². The number of hydrogen-bond acceptors (Lipinski definition) is 1. The van der Waals surface area contributed by atoms with E-state index in [1.165, 1.54) is 11.5 Å². The summed E-state index contributed by atoms with van der Waals surface area (Å²) in [6.07, 6.45) is 0.882. The van der Waals surface area contributed by atoms with Gasteiger partial charge < -0.3 is 5.11 Å². The molecule has 0 amide bonds. The Morgan fingerprint density at radius 3 is 2.42 bits per heavy atom. The third kappa shape index (κ3) is 1.60. The molecule has 12 heavy (non-hydrogen) atoms. The summed E-state index contributed by atoms with van der Waals surface area (Å²) in [6.45, 7) is 6.18. The minimum Gasteiger partial charge on any atom is -0.508 e. The predicted molar refractivity (Wildman–Crippen MR) is 51.2 cm³/mol. The van der Waals surface area contributed by atoms with Gasteiger partial charge in [-0.25, -0.2) is 0 Å². The van der Waals surface area contributed by atoms with E-state index in [-0.39, 0.29) is 0 Å². The fraction of sp³-hybridized carbons (Fsp3) is 0.364. The monoisotopic (exact) mass is 163 g/mol. The van der Waals surface area contributed by atoms with Crippen LogP contribution < -0.4 is 0 Å². The lowest BCUT2D eigenvalue weighted by Gasteiger charge is -2.11. The molecule has 0 saturated heterocycles. The van der Waals surface area contributed by atoms with E-state index in [4.69, 9.17) is 0 Å². The second-order valence-electron chi connectivity index (χ2n) is 3.16. The third-order valence-electron chi connectivity index (χ3n) is 2.04. The molecule has 0 aliphatic carbocycles. The van der Waals surface area contributed by atoms with Crippen LogP contribution in [0, 0.1) is 5.92 Å². The fourth-order valence-corrected chi connectivity index (χ4v) is 1.41. The van der Waals surface area contributed by atoms with Crippen molar-refractivity contribution < 1.29 is 5.11 Å². The van der Waals surface area contributed by atoms with Crippen LogP contribution in [0.4, 0.5) is 0 Å². The van der Waals surface area contributed by atoms with E-state index >= 15 is 0 Å². The average Bonchev–Trinajstić information content (AvgIpc) is 2.03. The third-order valence-corrected chi connectivity index (χ3v) is 2.04. The molecule has 0 fully saturated rings. The van der Waals surface area contributed by atoms with Crippen LogP contribution in [-0.4, -0.2) is 5.11 Å². The summed E-state index contributed by atoms with van der Waals surface area (Å²) >= 11 is 0. The predicted octanol–water partition coefficient (Wildman–Crippen LogP) is 2.92. The van der Waals surface area contributed by atoms with E-state index in [0.29, 0.717) is 5.75 Å². The van der Waals surface area contributed by atoms with Gasteiger partial charge in [-0.2, -0.15) is 0 Å². The highest BCUT2D eigenvalue weighted by Crippen LogP contribution is 2.26. The maximum Gasteiger partial charge on any atom is 0.119 e. The Morgan fingerprint density at radius 1 is 1.33 bits per heavy atom. The molecule has 0 saturated carbocycles. The molecule has 0 heterocycles. The molecule has 0 atom stereocenters.